The van der Waals surface area contributed by atoms with Crippen molar-refractivity contribution in [2.45, 2.75) is 40.4 Å². The molecule has 3 heteroatoms. The van der Waals surface area contributed by atoms with Crippen molar-refractivity contribution >= 4 is 0 Å². The predicted octanol–water partition coefficient (Wildman–Crippen LogP) is 4.08. The molecule has 0 aliphatic carbocycles. The van der Waals surface area contributed by atoms with Gasteiger partial charge in [0.1, 0.15) is 12.9 Å². The first kappa shape index (κ1) is 11.2. The van der Waals surface area contributed by atoms with Crippen LogP contribution >= 0.6 is 0 Å². The molecule has 25 heavy (non-hydrogen) atoms. The zero-order chi connectivity index (χ0) is 22.0. The summed E-state index contributed by atoms with van der Waals surface area (Å²) in [6.45, 7) is 3.19. The van der Waals surface area contributed by atoms with Gasteiger partial charge in [-0.2, -0.15) is 0 Å². The molecule has 0 fully saturated rings. The van der Waals surface area contributed by atoms with E-state index in [0.717, 1.165) is 33.9 Å². The Balaban J connectivity index is 2.01. The van der Waals surface area contributed by atoms with Crippen LogP contribution < -0.4 is 4.57 Å². The van der Waals surface area contributed by atoms with Gasteiger partial charge in [0.25, 0.3) is 0 Å². The summed E-state index contributed by atoms with van der Waals surface area (Å²) in [5.41, 5.74) is 5.38. The van der Waals surface area contributed by atoms with E-state index in [0.29, 0.717) is 6.42 Å². The molecule has 0 bridgehead atoms. The van der Waals surface area contributed by atoms with Gasteiger partial charge in [-0.25, -0.2) is 9.55 Å². The lowest BCUT2D eigenvalue weighted by atomic mass is 9.92. The second-order valence-corrected chi connectivity index (χ2v) is 7.04. The highest BCUT2D eigenvalue weighted by Crippen LogP contribution is 2.36. The Kier molecular flexibility index (Phi) is 2.62. The number of aromatic nitrogens is 3. The van der Waals surface area contributed by atoms with Crippen LogP contribution in [0.4, 0.5) is 0 Å². The van der Waals surface area contributed by atoms with Gasteiger partial charge in [0.2, 0.25) is 5.69 Å². The summed E-state index contributed by atoms with van der Waals surface area (Å²) >= 11 is 0. The second kappa shape index (κ2) is 5.83. The maximum absolute atomic E-state index is 8.65. The largest absolute Gasteiger partial charge is 0.303 e. The molecule has 1 aliphatic rings. The molecule has 0 saturated heterocycles. The summed E-state index contributed by atoms with van der Waals surface area (Å²) in [6.07, 6.45) is 4.22. The number of hydrogen-bond donors (Lipinski definition) is 0. The fourth-order valence-corrected chi connectivity index (χ4v) is 3.69. The minimum Gasteiger partial charge on any atom is -0.303 e. The first-order valence-electron chi connectivity index (χ1n) is 11.1. The molecule has 0 atom stereocenters. The van der Waals surface area contributed by atoms with E-state index in [4.69, 9.17) is 6.85 Å². The minimum atomic E-state index is -2.40. The zero-order valence-electron chi connectivity index (χ0n) is 20.1. The van der Waals surface area contributed by atoms with Crippen molar-refractivity contribution in [3.63, 3.8) is 0 Å². The van der Waals surface area contributed by atoms with Gasteiger partial charge >= 0.3 is 0 Å². The van der Waals surface area contributed by atoms with Gasteiger partial charge in [-0.1, -0.05) is 19.9 Å². The molecule has 3 nitrogen and oxygen atoms in total. The maximum atomic E-state index is 8.65. The summed E-state index contributed by atoms with van der Waals surface area (Å²) in [4.78, 5) is 4.45. The highest BCUT2D eigenvalue weighted by Gasteiger charge is 2.27. The van der Waals surface area contributed by atoms with Crippen molar-refractivity contribution in [3.8, 4) is 16.9 Å². The quantitative estimate of drug-likeness (QED) is 0.516. The van der Waals surface area contributed by atoms with Crippen molar-refractivity contribution in [1.29, 1.82) is 0 Å². The average Bonchev–Trinajstić information content (AvgIpc) is 3.22. The topological polar surface area (TPSA) is 21.7 Å². The Labute approximate surface area is 157 Å². The number of pyridine rings is 1. The smallest absolute Gasteiger partial charge is 0.213 e. The van der Waals surface area contributed by atoms with Gasteiger partial charge in [0.05, 0.1) is 11.3 Å². The molecule has 0 amide bonds. The average molecular weight is 338 g/mol. The first-order valence-corrected chi connectivity index (χ1v) is 8.63. The number of benzene rings is 1. The predicted molar refractivity (Wildman–Crippen MR) is 101 cm³/mol. The number of hydrogen-bond acceptors (Lipinski definition) is 1. The van der Waals surface area contributed by atoms with E-state index in [-0.39, 0.29) is 17.0 Å². The molecule has 0 radical (unpaired) electrons. The standard InChI is InChI=1S/C22H26N3/c1-14(2)10-17-11-20(24(5)13-16(17)4)22-15(3)6-7-19-18(22)12-21-23-8-9-25(19)21/h6-9,11,13-14H,10,12H2,1-5H3/q+1/i4D3,10D2. The molecule has 3 aromatic rings. The molecule has 0 spiro atoms. The monoisotopic (exact) mass is 337 g/mol. The van der Waals surface area contributed by atoms with Crippen LogP contribution in [0.25, 0.3) is 16.9 Å². The number of aryl methyl sites for hydroxylation is 3. The van der Waals surface area contributed by atoms with Crippen LogP contribution in [0.3, 0.4) is 0 Å². The lowest BCUT2D eigenvalue weighted by molar-refractivity contribution is -0.660. The molecule has 0 N–H and O–H groups in total. The SMILES string of the molecule is [2H]C([2H])([2H])c1c[n+](C)c(-c2c(C)ccc3c2Cc2nccn2-3)cc1C([2H])([2H])C(C)C. The van der Waals surface area contributed by atoms with Crippen molar-refractivity contribution < 1.29 is 11.4 Å². The van der Waals surface area contributed by atoms with Gasteiger partial charge in [-0.05, 0) is 48.8 Å². The van der Waals surface area contributed by atoms with E-state index < -0.39 is 13.2 Å². The molecule has 128 valence electrons. The van der Waals surface area contributed by atoms with E-state index in [2.05, 4.69) is 21.7 Å². The molecule has 1 aliphatic heterocycles. The van der Waals surface area contributed by atoms with E-state index in [9.17, 15) is 0 Å². The Hall–Kier alpha value is -2.42. The lowest BCUT2D eigenvalue weighted by Crippen LogP contribution is -2.32. The molecule has 4 rings (SSSR count). The number of rotatable bonds is 3. The molecular formula is C22H26N3+. The Morgan fingerprint density at radius 2 is 2.20 bits per heavy atom. The van der Waals surface area contributed by atoms with Crippen LogP contribution in [0.5, 0.6) is 0 Å². The number of imidazole rings is 1. The van der Waals surface area contributed by atoms with Gasteiger partial charge in [0.15, 0.2) is 6.20 Å². The lowest BCUT2D eigenvalue weighted by Gasteiger charge is -2.14. The van der Waals surface area contributed by atoms with Crippen LogP contribution in [-0.4, -0.2) is 9.55 Å². The van der Waals surface area contributed by atoms with E-state index >= 15 is 0 Å². The second-order valence-electron chi connectivity index (χ2n) is 7.04. The molecule has 3 heterocycles. The molecule has 2 aromatic heterocycles. The highest BCUT2D eigenvalue weighted by molar-refractivity contribution is 5.73. The van der Waals surface area contributed by atoms with Crippen molar-refractivity contribution in [1.82, 2.24) is 9.55 Å². The Morgan fingerprint density at radius 1 is 1.36 bits per heavy atom. The summed E-state index contributed by atoms with van der Waals surface area (Å²) in [7, 11) is 1.83. The summed E-state index contributed by atoms with van der Waals surface area (Å²) in [5, 5.41) is 0. The summed E-state index contributed by atoms with van der Waals surface area (Å²) in [6, 6.07) is 5.88. The van der Waals surface area contributed by atoms with Crippen molar-refractivity contribution in [2.24, 2.45) is 13.0 Å². The summed E-state index contributed by atoms with van der Waals surface area (Å²) in [5.74, 6) is 0.600. The fraction of sp³-hybridized carbons (Fsp3) is 0.364. The third kappa shape index (κ3) is 2.58. The van der Waals surface area contributed by atoms with Gasteiger partial charge < -0.3 is 4.57 Å². The highest BCUT2D eigenvalue weighted by atomic mass is 15.1. The van der Waals surface area contributed by atoms with Crippen LogP contribution in [0.2, 0.25) is 0 Å². The van der Waals surface area contributed by atoms with E-state index in [1.807, 2.05) is 24.7 Å². The minimum absolute atomic E-state index is 0.0607. The van der Waals surface area contributed by atoms with Crippen LogP contribution in [0.1, 0.15) is 48.8 Å². The van der Waals surface area contributed by atoms with Crippen LogP contribution in [-0.2, 0) is 19.8 Å². The molecule has 1 aromatic carbocycles. The van der Waals surface area contributed by atoms with E-state index in [1.165, 1.54) is 0 Å². The fourth-order valence-electron chi connectivity index (χ4n) is 3.69. The van der Waals surface area contributed by atoms with Gasteiger partial charge in [0, 0.05) is 37.3 Å². The van der Waals surface area contributed by atoms with Gasteiger partial charge in [-0.3, -0.25) is 0 Å². The Morgan fingerprint density at radius 3 is 2.96 bits per heavy atom. The Bertz CT molecular complexity index is 1140. The van der Waals surface area contributed by atoms with E-state index in [1.54, 1.807) is 32.3 Å². The van der Waals surface area contributed by atoms with Gasteiger partial charge in [-0.15, -0.1) is 0 Å². The third-order valence-corrected chi connectivity index (χ3v) is 4.78. The molecule has 0 saturated carbocycles. The van der Waals surface area contributed by atoms with Crippen LogP contribution in [0, 0.1) is 19.7 Å². The molecular weight excluding hydrogens is 306 g/mol. The van der Waals surface area contributed by atoms with Crippen LogP contribution in [0.15, 0.2) is 36.8 Å². The normalized spacial score (nSPS) is 16.6. The first-order chi connectivity index (χ1) is 13.9. The number of fused-ring (bicyclic) bond motifs is 3. The van der Waals surface area contributed by atoms with Crippen molar-refractivity contribution in [3.05, 3.63) is 64.9 Å². The third-order valence-electron chi connectivity index (χ3n) is 4.78. The zero-order valence-corrected chi connectivity index (χ0v) is 15.1. The molecule has 0 unspecified atom stereocenters. The number of nitrogens with zero attached hydrogens (tertiary/aromatic N) is 3. The summed E-state index contributed by atoms with van der Waals surface area (Å²) < 4.78 is 45.1. The maximum Gasteiger partial charge on any atom is 0.213 e. The van der Waals surface area contributed by atoms with Crippen molar-refractivity contribution in [2.75, 3.05) is 0 Å².